The lowest BCUT2D eigenvalue weighted by molar-refractivity contribution is -0.385. The van der Waals surface area contributed by atoms with E-state index < -0.39 is 4.92 Å². The second kappa shape index (κ2) is 5.78. The monoisotopic (exact) mass is 342 g/mol. The van der Waals surface area contributed by atoms with Gasteiger partial charge >= 0.3 is 5.69 Å². The molecule has 0 spiro atoms. The highest BCUT2D eigenvalue weighted by molar-refractivity contribution is 9.09. The Kier molecular flexibility index (Phi) is 4.27. The largest absolute Gasteiger partial charge is 0.490 e. The topological polar surface area (TPSA) is 81.5 Å². The number of amides is 1. The molecule has 0 unspecified atom stereocenters. The van der Waals surface area contributed by atoms with Crippen LogP contribution in [0.5, 0.6) is 5.75 Å². The van der Waals surface area contributed by atoms with E-state index in [2.05, 4.69) is 21.2 Å². The summed E-state index contributed by atoms with van der Waals surface area (Å²) in [5, 5.41) is 14.6. The third-order valence-electron chi connectivity index (χ3n) is 3.58. The molecule has 7 heteroatoms. The van der Waals surface area contributed by atoms with Gasteiger partial charge in [-0.3, -0.25) is 14.9 Å². The fourth-order valence-electron chi connectivity index (χ4n) is 2.18. The number of benzene rings is 1. The van der Waals surface area contributed by atoms with E-state index in [9.17, 15) is 14.9 Å². The predicted octanol–water partition coefficient (Wildman–Crippen LogP) is 2.65. The Morgan fingerprint density at radius 1 is 1.55 bits per heavy atom. The summed E-state index contributed by atoms with van der Waals surface area (Å²) in [5.41, 5.74) is -0.155. The van der Waals surface area contributed by atoms with Crippen molar-refractivity contribution in [3.05, 3.63) is 33.9 Å². The van der Waals surface area contributed by atoms with Gasteiger partial charge in [-0.2, -0.15) is 0 Å². The zero-order valence-corrected chi connectivity index (χ0v) is 12.6. The van der Waals surface area contributed by atoms with Crippen molar-refractivity contribution in [1.29, 1.82) is 0 Å². The van der Waals surface area contributed by atoms with Gasteiger partial charge in [0.2, 0.25) is 0 Å². The molecule has 1 aromatic carbocycles. The first-order chi connectivity index (χ1) is 9.51. The Morgan fingerprint density at radius 3 is 2.70 bits per heavy atom. The third-order valence-corrected chi connectivity index (χ3v) is 4.66. The average molecular weight is 343 g/mol. The van der Waals surface area contributed by atoms with Crippen LogP contribution in [0.1, 0.15) is 29.6 Å². The lowest BCUT2D eigenvalue weighted by Gasteiger charge is -2.41. The molecule has 0 atom stereocenters. The Hall–Kier alpha value is -1.63. The summed E-state index contributed by atoms with van der Waals surface area (Å²) < 4.78 is 4.91. The van der Waals surface area contributed by atoms with Crippen molar-refractivity contribution in [2.45, 2.75) is 24.8 Å². The molecular weight excluding hydrogens is 328 g/mol. The molecule has 20 heavy (non-hydrogen) atoms. The van der Waals surface area contributed by atoms with Crippen LogP contribution in [0.4, 0.5) is 5.69 Å². The zero-order valence-electron chi connectivity index (χ0n) is 11.0. The van der Waals surface area contributed by atoms with Crippen LogP contribution in [0.25, 0.3) is 0 Å². The molecule has 0 heterocycles. The number of halogens is 1. The van der Waals surface area contributed by atoms with Crippen LogP contribution in [0.3, 0.4) is 0 Å². The van der Waals surface area contributed by atoms with Gasteiger partial charge in [-0.05, 0) is 31.4 Å². The third kappa shape index (κ3) is 2.77. The van der Waals surface area contributed by atoms with Crippen molar-refractivity contribution in [2.24, 2.45) is 0 Å². The molecule has 0 bridgehead atoms. The van der Waals surface area contributed by atoms with Gasteiger partial charge in [0.1, 0.15) is 0 Å². The minimum Gasteiger partial charge on any atom is -0.490 e. The molecule has 1 aliphatic rings. The first-order valence-corrected chi connectivity index (χ1v) is 7.34. The quantitative estimate of drug-likeness (QED) is 0.506. The number of hydrogen-bond acceptors (Lipinski definition) is 4. The number of nitro groups is 1. The first kappa shape index (κ1) is 14.8. The fraction of sp³-hybridized carbons (Fsp3) is 0.462. The second-order valence-corrected chi connectivity index (χ2v) is 5.43. The number of alkyl halides is 1. The number of methoxy groups -OCH3 is 1. The smallest absolute Gasteiger partial charge is 0.311 e. The lowest BCUT2D eigenvalue weighted by Crippen LogP contribution is -2.54. The predicted molar refractivity (Wildman–Crippen MR) is 77.5 cm³/mol. The SMILES string of the molecule is COc1ccc(C(=O)NC2(CBr)CCC2)cc1[N+](=O)[O-]. The molecule has 6 nitrogen and oxygen atoms in total. The fourth-order valence-corrected chi connectivity index (χ4v) is 2.88. The van der Waals surface area contributed by atoms with Gasteiger partial charge < -0.3 is 10.1 Å². The number of ether oxygens (including phenoxy) is 1. The normalized spacial score (nSPS) is 16.1. The standard InChI is InChI=1S/C13H15BrN2O4/c1-20-11-4-3-9(7-10(11)16(18)19)12(17)15-13(8-14)5-2-6-13/h3-4,7H,2,5-6,8H2,1H3,(H,15,17). The number of carbonyl (C=O) groups is 1. The van der Waals surface area contributed by atoms with E-state index >= 15 is 0 Å². The number of nitro benzene ring substituents is 1. The van der Waals surface area contributed by atoms with Gasteiger partial charge in [0, 0.05) is 17.0 Å². The van der Waals surface area contributed by atoms with Crippen molar-refractivity contribution >= 4 is 27.5 Å². The summed E-state index contributed by atoms with van der Waals surface area (Å²) >= 11 is 3.40. The number of rotatable bonds is 5. The Bertz CT molecular complexity index is 538. The van der Waals surface area contributed by atoms with Crippen LogP contribution in [0.15, 0.2) is 18.2 Å². The second-order valence-electron chi connectivity index (χ2n) is 4.87. The molecule has 1 aromatic rings. The minimum absolute atomic E-state index is 0.144. The lowest BCUT2D eigenvalue weighted by atomic mass is 9.78. The summed E-state index contributed by atoms with van der Waals surface area (Å²) in [6.07, 6.45) is 2.92. The maximum atomic E-state index is 12.2. The number of nitrogens with one attached hydrogen (secondary N) is 1. The Balaban J connectivity index is 2.22. The molecule has 1 aliphatic carbocycles. The van der Waals surface area contributed by atoms with Gasteiger partial charge in [0.05, 0.1) is 17.6 Å². The minimum atomic E-state index is -0.556. The molecule has 1 fully saturated rings. The highest BCUT2D eigenvalue weighted by Crippen LogP contribution is 2.34. The summed E-state index contributed by atoms with van der Waals surface area (Å²) in [5.74, 6) is -0.152. The first-order valence-electron chi connectivity index (χ1n) is 6.22. The van der Waals surface area contributed by atoms with Crippen LogP contribution in [-0.4, -0.2) is 28.8 Å². The van der Waals surface area contributed by atoms with Crippen LogP contribution >= 0.6 is 15.9 Å². The van der Waals surface area contributed by atoms with Crippen molar-refractivity contribution in [1.82, 2.24) is 5.32 Å². The maximum Gasteiger partial charge on any atom is 0.311 e. The van der Waals surface area contributed by atoms with E-state index in [1.807, 2.05) is 0 Å². The van der Waals surface area contributed by atoms with Crippen LogP contribution in [-0.2, 0) is 0 Å². The number of nitrogens with zero attached hydrogens (tertiary/aromatic N) is 1. The van der Waals surface area contributed by atoms with Gasteiger partial charge in [-0.15, -0.1) is 0 Å². The van der Waals surface area contributed by atoms with E-state index in [4.69, 9.17) is 4.74 Å². The summed E-state index contributed by atoms with van der Waals surface area (Å²) in [4.78, 5) is 22.6. The number of carbonyl (C=O) groups excluding carboxylic acids is 1. The molecule has 108 valence electrons. The van der Waals surface area contributed by atoms with E-state index in [-0.39, 0.29) is 28.4 Å². The van der Waals surface area contributed by atoms with Gasteiger partial charge in [0.15, 0.2) is 5.75 Å². The van der Waals surface area contributed by atoms with Gasteiger partial charge in [-0.25, -0.2) is 0 Å². The van der Waals surface area contributed by atoms with E-state index in [1.54, 1.807) is 0 Å². The molecule has 0 aromatic heterocycles. The highest BCUT2D eigenvalue weighted by Gasteiger charge is 2.37. The molecular formula is C13H15BrN2O4. The van der Waals surface area contributed by atoms with E-state index in [0.29, 0.717) is 5.33 Å². The zero-order chi connectivity index (χ0) is 14.8. The van der Waals surface area contributed by atoms with Crippen LogP contribution in [0.2, 0.25) is 0 Å². The average Bonchev–Trinajstić information content (AvgIpc) is 2.41. The van der Waals surface area contributed by atoms with Gasteiger partial charge in [-0.1, -0.05) is 15.9 Å². The van der Waals surface area contributed by atoms with Crippen LogP contribution in [0, 0.1) is 10.1 Å². The Morgan fingerprint density at radius 2 is 2.25 bits per heavy atom. The maximum absolute atomic E-state index is 12.2. The molecule has 1 amide bonds. The van der Waals surface area contributed by atoms with Crippen molar-refractivity contribution in [2.75, 3.05) is 12.4 Å². The Labute approximate surface area is 124 Å². The molecule has 0 radical (unpaired) electrons. The van der Waals surface area contributed by atoms with Crippen LogP contribution < -0.4 is 10.1 Å². The van der Waals surface area contributed by atoms with E-state index in [0.717, 1.165) is 19.3 Å². The molecule has 2 rings (SSSR count). The number of hydrogen-bond donors (Lipinski definition) is 1. The summed E-state index contributed by atoms with van der Waals surface area (Å²) in [6.45, 7) is 0. The van der Waals surface area contributed by atoms with Crippen molar-refractivity contribution < 1.29 is 14.5 Å². The van der Waals surface area contributed by atoms with Gasteiger partial charge in [0.25, 0.3) is 5.91 Å². The molecule has 0 aliphatic heterocycles. The molecule has 0 saturated heterocycles. The highest BCUT2D eigenvalue weighted by atomic mass is 79.9. The summed E-state index contributed by atoms with van der Waals surface area (Å²) in [7, 11) is 1.36. The van der Waals surface area contributed by atoms with Crippen molar-refractivity contribution in [3.63, 3.8) is 0 Å². The summed E-state index contributed by atoms with van der Waals surface area (Å²) in [6, 6.07) is 4.21. The molecule has 1 N–H and O–H groups in total. The van der Waals surface area contributed by atoms with E-state index in [1.165, 1.54) is 25.3 Å². The van der Waals surface area contributed by atoms with Crippen molar-refractivity contribution in [3.8, 4) is 5.75 Å². The molecule has 1 saturated carbocycles.